The van der Waals surface area contributed by atoms with Crippen LogP contribution >= 0.6 is 0 Å². The zero-order valence-electron chi connectivity index (χ0n) is 14.5. The Labute approximate surface area is 145 Å². The van der Waals surface area contributed by atoms with Gasteiger partial charge in [-0.05, 0) is 58.0 Å². The van der Waals surface area contributed by atoms with Gasteiger partial charge in [-0.2, -0.15) is 0 Å². The van der Waals surface area contributed by atoms with Crippen LogP contribution in [-0.2, 0) is 11.0 Å². The Morgan fingerprint density at radius 2 is 1.79 bits per heavy atom. The number of nitrogens with zero attached hydrogens (tertiary/aromatic N) is 2. The SMILES string of the molecule is C[C@@H](N[S@@](=O)C(C)(C)C)c1ccc2ccn(-c3ccccc3)c2n1. The van der Waals surface area contributed by atoms with Crippen molar-refractivity contribution in [3.05, 3.63) is 60.4 Å². The van der Waals surface area contributed by atoms with Crippen LogP contribution in [0.4, 0.5) is 0 Å². The third-order valence-electron chi connectivity index (χ3n) is 3.88. The summed E-state index contributed by atoms with van der Waals surface area (Å²) in [4.78, 5) is 4.81. The maximum Gasteiger partial charge on any atom is 0.144 e. The van der Waals surface area contributed by atoms with Crippen molar-refractivity contribution in [3.8, 4) is 5.69 Å². The van der Waals surface area contributed by atoms with Crippen molar-refractivity contribution in [3.63, 3.8) is 0 Å². The van der Waals surface area contributed by atoms with Crippen LogP contribution in [-0.4, -0.2) is 18.5 Å². The van der Waals surface area contributed by atoms with Crippen LogP contribution in [0.25, 0.3) is 16.7 Å². The average molecular weight is 341 g/mol. The molecule has 4 nitrogen and oxygen atoms in total. The van der Waals surface area contributed by atoms with Gasteiger partial charge in [0.25, 0.3) is 0 Å². The second kappa shape index (κ2) is 6.49. The predicted octanol–water partition coefficient (Wildman–Crippen LogP) is 4.14. The van der Waals surface area contributed by atoms with Gasteiger partial charge in [0, 0.05) is 17.3 Å². The maximum absolute atomic E-state index is 12.3. The summed E-state index contributed by atoms with van der Waals surface area (Å²) < 4.78 is 17.2. The molecule has 0 aliphatic heterocycles. The van der Waals surface area contributed by atoms with Crippen molar-refractivity contribution in [1.29, 1.82) is 0 Å². The van der Waals surface area contributed by atoms with Crippen LogP contribution in [0.1, 0.15) is 39.4 Å². The number of rotatable bonds is 4. The molecule has 0 saturated heterocycles. The molecule has 2 heterocycles. The summed E-state index contributed by atoms with van der Waals surface area (Å²) in [6.07, 6.45) is 2.03. The summed E-state index contributed by atoms with van der Waals surface area (Å²) in [5.74, 6) is 0. The summed E-state index contributed by atoms with van der Waals surface area (Å²) >= 11 is 0. The van der Waals surface area contributed by atoms with Crippen molar-refractivity contribution in [1.82, 2.24) is 14.3 Å². The van der Waals surface area contributed by atoms with E-state index in [2.05, 4.69) is 33.6 Å². The highest BCUT2D eigenvalue weighted by molar-refractivity contribution is 7.84. The fourth-order valence-electron chi connectivity index (χ4n) is 2.46. The number of nitrogens with one attached hydrogen (secondary N) is 1. The molecule has 3 aromatic rings. The van der Waals surface area contributed by atoms with Gasteiger partial charge >= 0.3 is 0 Å². The largest absolute Gasteiger partial charge is 0.301 e. The maximum atomic E-state index is 12.3. The molecule has 0 unspecified atom stereocenters. The van der Waals surface area contributed by atoms with Crippen molar-refractivity contribution in [2.24, 2.45) is 0 Å². The molecule has 0 fully saturated rings. The minimum absolute atomic E-state index is 0.0893. The lowest BCUT2D eigenvalue weighted by Gasteiger charge is -2.21. The fourth-order valence-corrected chi connectivity index (χ4v) is 3.25. The minimum atomic E-state index is -1.13. The Morgan fingerprint density at radius 3 is 2.46 bits per heavy atom. The highest BCUT2D eigenvalue weighted by Crippen LogP contribution is 2.22. The minimum Gasteiger partial charge on any atom is -0.301 e. The van der Waals surface area contributed by atoms with Crippen LogP contribution in [0.2, 0.25) is 0 Å². The Hall–Kier alpha value is -1.98. The van der Waals surface area contributed by atoms with E-state index >= 15 is 0 Å². The van der Waals surface area contributed by atoms with Gasteiger partial charge in [0.2, 0.25) is 0 Å². The molecule has 0 aliphatic rings. The van der Waals surface area contributed by atoms with Crippen LogP contribution in [0.15, 0.2) is 54.7 Å². The van der Waals surface area contributed by atoms with Gasteiger partial charge in [-0.1, -0.05) is 18.2 Å². The van der Waals surface area contributed by atoms with E-state index in [-0.39, 0.29) is 10.8 Å². The molecule has 0 radical (unpaired) electrons. The number of pyridine rings is 1. The molecular weight excluding hydrogens is 318 g/mol. The fraction of sp³-hybridized carbons (Fsp3) is 0.316. The van der Waals surface area contributed by atoms with Gasteiger partial charge in [0.15, 0.2) is 0 Å². The molecule has 5 heteroatoms. The summed E-state index contributed by atoms with van der Waals surface area (Å²) in [6, 6.07) is 16.2. The van der Waals surface area contributed by atoms with Crippen molar-refractivity contribution < 1.29 is 4.21 Å². The van der Waals surface area contributed by atoms with Crippen LogP contribution < -0.4 is 4.72 Å². The van der Waals surface area contributed by atoms with Gasteiger partial charge in [-0.15, -0.1) is 0 Å². The topological polar surface area (TPSA) is 46.9 Å². The Balaban J connectivity index is 1.95. The molecule has 0 saturated carbocycles. The van der Waals surface area contributed by atoms with Gasteiger partial charge in [-0.25, -0.2) is 13.9 Å². The van der Waals surface area contributed by atoms with Gasteiger partial charge in [0.05, 0.1) is 27.5 Å². The first kappa shape index (κ1) is 16.9. The van der Waals surface area contributed by atoms with Gasteiger partial charge < -0.3 is 4.57 Å². The molecule has 0 bridgehead atoms. The summed E-state index contributed by atoms with van der Waals surface area (Å²) in [5.41, 5.74) is 2.88. The molecule has 126 valence electrons. The van der Waals surface area contributed by atoms with E-state index in [4.69, 9.17) is 4.98 Å². The van der Waals surface area contributed by atoms with Crippen molar-refractivity contribution in [2.75, 3.05) is 0 Å². The standard InChI is InChI=1S/C19H23N3OS/c1-14(21-24(23)19(2,3)4)17-11-10-15-12-13-22(18(15)20-17)16-8-6-5-7-9-16/h5-14,21H,1-4H3/t14-,24+/m1/s1. The van der Waals surface area contributed by atoms with Crippen LogP contribution in [0.3, 0.4) is 0 Å². The average Bonchev–Trinajstić information content (AvgIpc) is 2.97. The number of hydrogen-bond donors (Lipinski definition) is 1. The Morgan fingerprint density at radius 1 is 1.08 bits per heavy atom. The molecule has 1 N–H and O–H groups in total. The zero-order chi connectivity index (χ0) is 17.3. The van der Waals surface area contributed by atoms with Gasteiger partial charge in [-0.3, -0.25) is 0 Å². The predicted molar refractivity (Wildman–Crippen MR) is 101 cm³/mol. The van der Waals surface area contributed by atoms with Crippen LogP contribution in [0.5, 0.6) is 0 Å². The first-order valence-corrected chi connectivity index (χ1v) is 9.23. The normalized spacial score (nSPS) is 14.7. The number of fused-ring (bicyclic) bond motifs is 1. The molecule has 24 heavy (non-hydrogen) atoms. The quantitative estimate of drug-likeness (QED) is 0.775. The second-order valence-corrected chi connectivity index (χ2v) is 8.89. The molecule has 0 amide bonds. The third-order valence-corrected chi connectivity index (χ3v) is 5.56. The molecule has 2 atom stereocenters. The van der Waals surface area contributed by atoms with Crippen LogP contribution in [0, 0.1) is 0 Å². The highest BCUT2D eigenvalue weighted by atomic mass is 32.2. The summed E-state index contributed by atoms with van der Waals surface area (Å²) in [5, 5.41) is 1.09. The third kappa shape index (κ3) is 3.42. The molecular formula is C19H23N3OS. The molecule has 0 spiro atoms. The van der Waals surface area contributed by atoms with E-state index in [1.165, 1.54) is 0 Å². The highest BCUT2D eigenvalue weighted by Gasteiger charge is 2.22. The van der Waals surface area contributed by atoms with Crippen molar-refractivity contribution in [2.45, 2.75) is 38.5 Å². The van der Waals surface area contributed by atoms with E-state index in [0.717, 1.165) is 22.4 Å². The Kier molecular flexibility index (Phi) is 4.56. The molecule has 3 rings (SSSR count). The smallest absolute Gasteiger partial charge is 0.144 e. The van der Waals surface area contributed by atoms with E-state index in [9.17, 15) is 4.21 Å². The lowest BCUT2D eigenvalue weighted by Crippen LogP contribution is -2.35. The lowest BCUT2D eigenvalue weighted by atomic mass is 10.2. The second-order valence-electron chi connectivity index (χ2n) is 6.89. The number of hydrogen-bond acceptors (Lipinski definition) is 2. The first-order valence-electron chi connectivity index (χ1n) is 8.08. The monoisotopic (exact) mass is 341 g/mol. The van der Waals surface area contributed by atoms with Crippen molar-refractivity contribution >= 4 is 22.0 Å². The number of benzene rings is 1. The zero-order valence-corrected chi connectivity index (χ0v) is 15.3. The number of para-hydroxylation sites is 1. The first-order chi connectivity index (χ1) is 11.4. The molecule has 1 aromatic carbocycles. The summed E-state index contributed by atoms with van der Waals surface area (Å²) in [6.45, 7) is 7.87. The number of aromatic nitrogens is 2. The molecule has 2 aromatic heterocycles. The van der Waals surface area contributed by atoms with E-state index in [1.54, 1.807) is 0 Å². The van der Waals surface area contributed by atoms with Gasteiger partial charge in [0.1, 0.15) is 5.65 Å². The Bertz CT molecular complexity index is 865. The lowest BCUT2D eigenvalue weighted by molar-refractivity contribution is 0.612. The van der Waals surface area contributed by atoms with E-state index in [1.807, 2.05) is 58.2 Å². The van der Waals surface area contributed by atoms with E-state index in [0.29, 0.717) is 0 Å². The van der Waals surface area contributed by atoms with E-state index < -0.39 is 11.0 Å². The molecule has 0 aliphatic carbocycles. The summed E-state index contributed by atoms with van der Waals surface area (Å²) in [7, 11) is -1.13.